The summed E-state index contributed by atoms with van der Waals surface area (Å²) in [5, 5.41) is 3.27. The number of nitrogens with one attached hydrogen (secondary N) is 1. The van der Waals surface area contributed by atoms with Gasteiger partial charge in [-0.05, 0) is 26.8 Å². The lowest BCUT2D eigenvalue weighted by Gasteiger charge is -2.32. The molecule has 1 amide bonds. The van der Waals surface area contributed by atoms with Gasteiger partial charge >= 0.3 is 0 Å². The minimum atomic E-state index is 0.0937. The van der Waals surface area contributed by atoms with Crippen molar-refractivity contribution in [2.75, 3.05) is 26.8 Å². The van der Waals surface area contributed by atoms with Gasteiger partial charge in [0.1, 0.15) is 6.61 Å². The molecular formula is C10H20N2O2. The van der Waals surface area contributed by atoms with E-state index in [4.69, 9.17) is 4.74 Å². The molecule has 82 valence electrons. The van der Waals surface area contributed by atoms with Gasteiger partial charge < -0.3 is 15.0 Å². The van der Waals surface area contributed by atoms with Crippen LogP contribution in [0.3, 0.4) is 0 Å². The molecule has 1 aliphatic rings. The minimum Gasteiger partial charge on any atom is -0.375 e. The number of carbonyl (C=O) groups is 1. The molecule has 1 N–H and O–H groups in total. The van der Waals surface area contributed by atoms with Gasteiger partial charge in [0.15, 0.2) is 0 Å². The molecule has 1 heterocycles. The van der Waals surface area contributed by atoms with Gasteiger partial charge in [-0.25, -0.2) is 0 Å². The summed E-state index contributed by atoms with van der Waals surface area (Å²) in [6.45, 7) is 6.20. The molecule has 0 radical (unpaired) electrons. The van der Waals surface area contributed by atoms with E-state index < -0.39 is 0 Å². The molecule has 0 bridgehead atoms. The normalized spacial score (nSPS) is 21.6. The zero-order valence-corrected chi connectivity index (χ0v) is 9.25. The quantitative estimate of drug-likeness (QED) is 0.706. The summed E-state index contributed by atoms with van der Waals surface area (Å²) in [6.07, 6.45) is 1.05. The van der Waals surface area contributed by atoms with Crippen molar-refractivity contribution in [1.29, 1.82) is 0 Å². The van der Waals surface area contributed by atoms with Gasteiger partial charge in [0.2, 0.25) is 5.91 Å². The fraction of sp³-hybridized carbons (Fsp3) is 0.900. The highest BCUT2D eigenvalue weighted by Crippen LogP contribution is 2.12. The average molecular weight is 200 g/mol. The lowest BCUT2D eigenvalue weighted by molar-refractivity contribution is -0.139. The lowest BCUT2D eigenvalue weighted by atomic mass is 10.1. The average Bonchev–Trinajstić information content (AvgIpc) is 2.57. The van der Waals surface area contributed by atoms with Crippen molar-refractivity contribution in [3.8, 4) is 0 Å². The molecule has 0 aromatic rings. The van der Waals surface area contributed by atoms with E-state index in [1.54, 1.807) is 7.11 Å². The number of carbonyl (C=O) groups excluding carboxylic acids is 1. The van der Waals surface area contributed by atoms with Crippen LogP contribution in [0.15, 0.2) is 0 Å². The van der Waals surface area contributed by atoms with Gasteiger partial charge in [0.25, 0.3) is 0 Å². The molecule has 1 aliphatic heterocycles. The van der Waals surface area contributed by atoms with E-state index in [0.29, 0.717) is 6.04 Å². The standard InChI is InChI=1S/C10H20N2O2/c1-8(2)12(10(13)7-14-3)9-4-5-11-6-9/h8-9,11H,4-7H2,1-3H3. The van der Waals surface area contributed by atoms with E-state index in [1.165, 1.54) is 0 Å². The summed E-state index contributed by atoms with van der Waals surface area (Å²) in [5.74, 6) is 0.0937. The zero-order valence-electron chi connectivity index (χ0n) is 9.25. The topological polar surface area (TPSA) is 41.6 Å². The number of amides is 1. The molecule has 1 atom stereocenters. The van der Waals surface area contributed by atoms with Crippen molar-refractivity contribution in [3.05, 3.63) is 0 Å². The third-order valence-corrected chi connectivity index (χ3v) is 2.54. The molecule has 0 aromatic carbocycles. The van der Waals surface area contributed by atoms with Crippen molar-refractivity contribution in [2.24, 2.45) is 0 Å². The molecule has 1 saturated heterocycles. The van der Waals surface area contributed by atoms with E-state index in [2.05, 4.69) is 5.32 Å². The third kappa shape index (κ3) is 2.69. The van der Waals surface area contributed by atoms with Gasteiger partial charge in [-0.1, -0.05) is 0 Å². The van der Waals surface area contributed by atoms with Crippen molar-refractivity contribution < 1.29 is 9.53 Å². The maximum absolute atomic E-state index is 11.7. The molecule has 1 fully saturated rings. The second-order valence-corrected chi connectivity index (χ2v) is 3.97. The minimum absolute atomic E-state index is 0.0937. The summed E-state index contributed by atoms with van der Waals surface area (Å²) in [6, 6.07) is 0.597. The highest BCUT2D eigenvalue weighted by atomic mass is 16.5. The summed E-state index contributed by atoms with van der Waals surface area (Å²) >= 11 is 0. The second-order valence-electron chi connectivity index (χ2n) is 3.97. The summed E-state index contributed by atoms with van der Waals surface area (Å²) < 4.78 is 4.88. The van der Waals surface area contributed by atoms with E-state index >= 15 is 0 Å². The van der Waals surface area contributed by atoms with Crippen LogP contribution in [-0.4, -0.2) is 49.7 Å². The van der Waals surface area contributed by atoms with Gasteiger partial charge in [-0.2, -0.15) is 0 Å². The van der Waals surface area contributed by atoms with Crippen LogP contribution in [0.1, 0.15) is 20.3 Å². The SMILES string of the molecule is COCC(=O)N(C(C)C)C1CCNC1. The van der Waals surface area contributed by atoms with Crippen molar-refractivity contribution >= 4 is 5.91 Å². The van der Waals surface area contributed by atoms with Crippen LogP contribution < -0.4 is 5.32 Å². The van der Waals surface area contributed by atoms with E-state index in [-0.39, 0.29) is 18.6 Å². The second kappa shape index (κ2) is 5.32. The first-order chi connectivity index (χ1) is 6.66. The number of hydrogen-bond acceptors (Lipinski definition) is 3. The smallest absolute Gasteiger partial charge is 0.249 e. The molecule has 0 saturated carbocycles. The molecule has 1 rings (SSSR count). The van der Waals surface area contributed by atoms with Gasteiger partial charge in [0.05, 0.1) is 0 Å². The van der Waals surface area contributed by atoms with Crippen LogP contribution in [-0.2, 0) is 9.53 Å². The molecule has 0 aliphatic carbocycles. The van der Waals surface area contributed by atoms with Crippen molar-refractivity contribution in [3.63, 3.8) is 0 Å². The van der Waals surface area contributed by atoms with Crippen LogP contribution >= 0.6 is 0 Å². The van der Waals surface area contributed by atoms with Gasteiger partial charge in [0, 0.05) is 25.7 Å². The monoisotopic (exact) mass is 200 g/mol. The van der Waals surface area contributed by atoms with Crippen molar-refractivity contribution in [1.82, 2.24) is 10.2 Å². The third-order valence-electron chi connectivity index (χ3n) is 2.54. The fourth-order valence-corrected chi connectivity index (χ4v) is 1.99. The Labute approximate surface area is 85.6 Å². The first-order valence-corrected chi connectivity index (χ1v) is 5.17. The van der Waals surface area contributed by atoms with Crippen molar-refractivity contribution in [2.45, 2.75) is 32.4 Å². The van der Waals surface area contributed by atoms with E-state index in [9.17, 15) is 4.79 Å². The summed E-state index contributed by atoms with van der Waals surface area (Å²) in [7, 11) is 1.56. The predicted molar refractivity (Wildman–Crippen MR) is 55.1 cm³/mol. The maximum Gasteiger partial charge on any atom is 0.249 e. The molecule has 0 spiro atoms. The Morgan fingerprint density at radius 1 is 1.64 bits per heavy atom. The zero-order chi connectivity index (χ0) is 10.6. The molecule has 4 nitrogen and oxygen atoms in total. The largest absolute Gasteiger partial charge is 0.375 e. The highest BCUT2D eigenvalue weighted by Gasteiger charge is 2.27. The van der Waals surface area contributed by atoms with Gasteiger partial charge in [-0.3, -0.25) is 4.79 Å². The first-order valence-electron chi connectivity index (χ1n) is 5.17. The number of nitrogens with zero attached hydrogens (tertiary/aromatic N) is 1. The fourth-order valence-electron chi connectivity index (χ4n) is 1.99. The van der Waals surface area contributed by atoms with Crippen LogP contribution in [0.25, 0.3) is 0 Å². The van der Waals surface area contributed by atoms with E-state index in [1.807, 2.05) is 18.7 Å². The maximum atomic E-state index is 11.7. The first kappa shape index (κ1) is 11.5. The molecule has 1 unspecified atom stereocenters. The Balaban J connectivity index is 2.57. The molecular weight excluding hydrogens is 180 g/mol. The number of ether oxygens (including phenoxy) is 1. The predicted octanol–water partition coefficient (Wildman–Crippen LogP) is 0.232. The number of hydrogen-bond donors (Lipinski definition) is 1. The molecule has 0 aromatic heterocycles. The Morgan fingerprint density at radius 3 is 2.79 bits per heavy atom. The summed E-state index contributed by atoms with van der Waals surface area (Å²) in [4.78, 5) is 13.7. The molecule has 4 heteroatoms. The van der Waals surface area contributed by atoms with Crippen LogP contribution in [0, 0.1) is 0 Å². The Hall–Kier alpha value is -0.610. The Bertz CT molecular complexity index is 189. The highest BCUT2D eigenvalue weighted by molar-refractivity contribution is 5.78. The number of methoxy groups -OCH3 is 1. The lowest BCUT2D eigenvalue weighted by Crippen LogP contribution is -2.47. The summed E-state index contributed by atoms with van der Waals surface area (Å²) in [5.41, 5.74) is 0. The number of rotatable bonds is 4. The van der Waals surface area contributed by atoms with E-state index in [0.717, 1.165) is 19.5 Å². The van der Waals surface area contributed by atoms with Crippen LogP contribution in [0.5, 0.6) is 0 Å². The Morgan fingerprint density at radius 2 is 2.36 bits per heavy atom. The van der Waals surface area contributed by atoms with Crippen LogP contribution in [0.4, 0.5) is 0 Å². The van der Waals surface area contributed by atoms with Crippen LogP contribution in [0.2, 0.25) is 0 Å². The molecule has 14 heavy (non-hydrogen) atoms. The Kier molecular flexibility index (Phi) is 4.35. The van der Waals surface area contributed by atoms with Gasteiger partial charge in [-0.15, -0.1) is 0 Å².